The van der Waals surface area contributed by atoms with Crippen LogP contribution >= 0.6 is 0 Å². The highest BCUT2D eigenvalue weighted by Gasteiger charge is 2.28. The summed E-state index contributed by atoms with van der Waals surface area (Å²) >= 11 is 0. The molecule has 0 radical (unpaired) electrons. The minimum absolute atomic E-state index is 0.111. The lowest BCUT2D eigenvalue weighted by Crippen LogP contribution is -2.48. The van der Waals surface area contributed by atoms with Crippen LogP contribution in [-0.2, 0) is 4.79 Å². The number of carboxylic acids is 1. The average molecular weight is 269 g/mol. The van der Waals surface area contributed by atoms with Crippen LogP contribution in [0, 0.1) is 11.8 Å². The van der Waals surface area contributed by atoms with Crippen LogP contribution in [-0.4, -0.2) is 66.7 Å². The highest BCUT2D eigenvalue weighted by atomic mass is 16.4. The first kappa shape index (κ1) is 14.1. The van der Waals surface area contributed by atoms with Crippen LogP contribution in [0.25, 0.3) is 0 Å². The van der Waals surface area contributed by atoms with E-state index in [1.54, 1.807) is 4.90 Å². The molecule has 2 aliphatic rings. The van der Waals surface area contributed by atoms with Gasteiger partial charge in [-0.05, 0) is 38.8 Å². The van der Waals surface area contributed by atoms with Gasteiger partial charge in [-0.15, -0.1) is 0 Å². The summed E-state index contributed by atoms with van der Waals surface area (Å²) in [5, 5.41) is 11.9. The zero-order valence-corrected chi connectivity index (χ0v) is 11.5. The van der Waals surface area contributed by atoms with Gasteiger partial charge < -0.3 is 20.2 Å². The number of urea groups is 1. The molecule has 0 saturated carbocycles. The van der Waals surface area contributed by atoms with Crippen molar-refractivity contribution in [3.8, 4) is 0 Å². The van der Waals surface area contributed by atoms with Crippen molar-refractivity contribution in [3.63, 3.8) is 0 Å². The molecule has 0 aromatic heterocycles. The Labute approximate surface area is 113 Å². The van der Waals surface area contributed by atoms with Crippen molar-refractivity contribution in [1.29, 1.82) is 0 Å². The van der Waals surface area contributed by atoms with E-state index < -0.39 is 11.9 Å². The third-order valence-electron chi connectivity index (χ3n) is 4.09. The van der Waals surface area contributed by atoms with Gasteiger partial charge in [0.05, 0.1) is 5.92 Å². The molecular weight excluding hydrogens is 246 g/mol. The van der Waals surface area contributed by atoms with Crippen LogP contribution < -0.4 is 5.32 Å². The fourth-order valence-electron chi connectivity index (χ4n) is 2.90. The van der Waals surface area contributed by atoms with Gasteiger partial charge in [0, 0.05) is 26.2 Å². The molecule has 2 amide bonds. The van der Waals surface area contributed by atoms with Crippen LogP contribution in [0.4, 0.5) is 4.79 Å². The molecule has 6 heteroatoms. The van der Waals surface area contributed by atoms with Crippen molar-refractivity contribution in [2.45, 2.75) is 19.3 Å². The van der Waals surface area contributed by atoms with Crippen LogP contribution in [0.5, 0.6) is 0 Å². The van der Waals surface area contributed by atoms with E-state index in [-0.39, 0.29) is 6.03 Å². The topological polar surface area (TPSA) is 72.9 Å². The number of aliphatic carboxylic acids is 1. The molecule has 2 rings (SSSR count). The number of hydrogen-bond donors (Lipinski definition) is 2. The molecule has 0 aliphatic carbocycles. The molecule has 0 aromatic rings. The molecule has 2 aliphatic heterocycles. The maximum Gasteiger partial charge on any atom is 0.317 e. The Morgan fingerprint density at radius 3 is 2.68 bits per heavy atom. The van der Waals surface area contributed by atoms with Crippen LogP contribution in [0.3, 0.4) is 0 Å². The normalized spacial score (nSPS) is 28.4. The predicted molar refractivity (Wildman–Crippen MR) is 70.9 cm³/mol. The van der Waals surface area contributed by atoms with Gasteiger partial charge in [0.25, 0.3) is 0 Å². The number of likely N-dealkylation sites (tertiary alicyclic amines) is 2. The van der Waals surface area contributed by atoms with Crippen LogP contribution in [0.2, 0.25) is 0 Å². The molecule has 2 saturated heterocycles. The quantitative estimate of drug-likeness (QED) is 0.780. The zero-order chi connectivity index (χ0) is 13.8. The van der Waals surface area contributed by atoms with Crippen molar-refractivity contribution >= 4 is 12.0 Å². The second-order valence-electron chi connectivity index (χ2n) is 5.73. The number of carboxylic acid groups (broad SMARTS) is 1. The summed E-state index contributed by atoms with van der Waals surface area (Å²) in [5.74, 6) is -0.680. The largest absolute Gasteiger partial charge is 0.481 e. The van der Waals surface area contributed by atoms with Gasteiger partial charge in [0.1, 0.15) is 0 Å². The molecule has 6 nitrogen and oxygen atoms in total. The second-order valence-corrected chi connectivity index (χ2v) is 5.73. The summed E-state index contributed by atoms with van der Waals surface area (Å²) in [6, 6.07) is -0.111. The monoisotopic (exact) mass is 269 g/mol. The maximum absolute atomic E-state index is 12.0. The number of rotatable bonds is 3. The fourth-order valence-corrected chi connectivity index (χ4v) is 2.90. The van der Waals surface area contributed by atoms with Crippen LogP contribution in [0.1, 0.15) is 19.3 Å². The summed E-state index contributed by atoms with van der Waals surface area (Å²) in [6.45, 7) is 3.81. The SMILES string of the molecule is CN1CCC(CNC(=O)N2CCCC(C(=O)O)C2)C1. The fraction of sp³-hybridized carbons (Fsp3) is 0.846. The summed E-state index contributed by atoms with van der Waals surface area (Å²) in [6.07, 6.45) is 2.57. The van der Waals surface area contributed by atoms with Crippen LogP contribution in [0.15, 0.2) is 0 Å². The zero-order valence-electron chi connectivity index (χ0n) is 11.5. The first-order chi connectivity index (χ1) is 9.06. The molecule has 2 atom stereocenters. The third-order valence-corrected chi connectivity index (χ3v) is 4.09. The van der Waals surface area contributed by atoms with Crippen molar-refractivity contribution in [2.24, 2.45) is 11.8 Å². The lowest BCUT2D eigenvalue weighted by molar-refractivity contribution is -0.143. The van der Waals surface area contributed by atoms with Crippen molar-refractivity contribution in [1.82, 2.24) is 15.1 Å². The summed E-state index contributed by atoms with van der Waals surface area (Å²) < 4.78 is 0. The van der Waals surface area contributed by atoms with E-state index in [2.05, 4.69) is 17.3 Å². The Bertz CT molecular complexity index is 348. The van der Waals surface area contributed by atoms with Gasteiger partial charge in [0.15, 0.2) is 0 Å². The Morgan fingerprint density at radius 1 is 1.26 bits per heavy atom. The Balaban J connectivity index is 1.74. The summed E-state index contributed by atoms with van der Waals surface area (Å²) in [5.41, 5.74) is 0. The lowest BCUT2D eigenvalue weighted by Gasteiger charge is -2.31. The van der Waals surface area contributed by atoms with Gasteiger partial charge in [0.2, 0.25) is 0 Å². The van der Waals surface area contributed by atoms with Crippen molar-refractivity contribution < 1.29 is 14.7 Å². The molecule has 2 fully saturated rings. The maximum atomic E-state index is 12.0. The first-order valence-electron chi connectivity index (χ1n) is 7.00. The first-order valence-corrected chi connectivity index (χ1v) is 7.00. The number of hydrogen-bond acceptors (Lipinski definition) is 3. The van der Waals surface area contributed by atoms with Gasteiger partial charge in [-0.25, -0.2) is 4.79 Å². The predicted octanol–water partition coefficient (Wildman–Crippen LogP) is 0.444. The smallest absolute Gasteiger partial charge is 0.317 e. The lowest BCUT2D eigenvalue weighted by atomic mass is 9.99. The molecule has 108 valence electrons. The number of carbonyl (C=O) groups is 2. The summed E-state index contributed by atoms with van der Waals surface area (Å²) in [7, 11) is 2.09. The Kier molecular flexibility index (Phi) is 4.63. The van der Waals surface area contributed by atoms with E-state index in [1.807, 2.05) is 0 Å². The summed E-state index contributed by atoms with van der Waals surface area (Å²) in [4.78, 5) is 26.9. The number of amides is 2. The van der Waals surface area contributed by atoms with E-state index in [1.165, 1.54) is 0 Å². The highest BCUT2D eigenvalue weighted by Crippen LogP contribution is 2.17. The molecule has 19 heavy (non-hydrogen) atoms. The molecule has 0 bridgehead atoms. The number of nitrogens with zero attached hydrogens (tertiary/aromatic N) is 2. The van der Waals surface area contributed by atoms with Gasteiger partial charge in [-0.1, -0.05) is 0 Å². The number of carbonyl (C=O) groups excluding carboxylic acids is 1. The minimum Gasteiger partial charge on any atom is -0.481 e. The van der Waals surface area contributed by atoms with Crippen molar-refractivity contribution in [3.05, 3.63) is 0 Å². The Hall–Kier alpha value is -1.30. The van der Waals surface area contributed by atoms with Gasteiger partial charge in [-0.2, -0.15) is 0 Å². The highest BCUT2D eigenvalue weighted by molar-refractivity contribution is 5.76. The van der Waals surface area contributed by atoms with Gasteiger partial charge in [-0.3, -0.25) is 4.79 Å². The van der Waals surface area contributed by atoms with E-state index >= 15 is 0 Å². The van der Waals surface area contributed by atoms with E-state index in [0.717, 1.165) is 25.9 Å². The molecule has 2 N–H and O–H groups in total. The molecule has 0 spiro atoms. The van der Waals surface area contributed by atoms with E-state index in [0.29, 0.717) is 32.0 Å². The van der Waals surface area contributed by atoms with Crippen molar-refractivity contribution in [2.75, 3.05) is 39.8 Å². The molecule has 0 aromatic carbocycles. The molecule has 2 unspecified atom stereocenters. The number of piperidine rings is 1. The number of nitrogens with one attached hydrogen (secondary N) is 1. The minimum atomic E-state index is -0.796. The van der Waals surface area contributed by atoms with Gasteiger partial charge >= 0.3 is 12.0 Å². The van der Waals surface area contributed by atoms with E-state index in [9.17, 15) is 9.59 Å². The second kappa shape index (κ2) is 6.23. The average Bonchev–Trinajstić information content (AvgIpc) is 2.82. The Morgan fingerprint density at radius 2 is 2.05 bits per heavy atom. The molecular formula is C13H23N3O3. The molecule has 2 heterocycles. The third kappa shape index (κ3) is 3.83. The standard InChI is InChI=1S/C13H23N3O3/c1-15-6-4-10(8-15)7-14-13(19)16-5-2-3-11(9-16)12(17)18/h10-11H,2-9H2,1H3,(H,14,19)(H,17,18). The van der Waals surface area contributed by atoms with E-state index in [4.69, 9.17) is 5.11 Å².